The molecule has 0 aliphatic carbocycles. The molecule has 2 bridgehead atoms. The zero-order valence-electron chi connectivity index (χ0n) is 17.6. The molecule has 2 atom stereocenters. The van der Waals surface area contributed by atoms with Gasteiger partial charge in [0, 0.05) is 37.3 Å². The molecule has 1 aromatic carbocycles. The lowest BCUT2D eigenvalue weighted by molar-refractivity contribution is -0.131. The van der Waals surface area contributed by atoms with Crippen LogP contribution in [0.2, 0.25) is 0 Å². The van der Waals surface area contributed by atoms with E-state index < -0.39 is 0 Å². The van der Waals surface area contributed by atoms with Crippen molar-refractivity contribution >= 4 is 17.7 Å². The maximum atomic E-state index is 13.0. The number of carbonyl (C=O) groups excluding carboxylic acids is 1. The molecule has 31 heavy (non-hydrogen) atoms. The summed E-state index contributed by atoms with van der Waals surface area (Å²) in [6, 6.07) is 11.6. The molecule has 4 heterocycles. The zero-order chi connectivity index (χ0) is 21.5. The van der Waals surface area contributed by atoms with Gasteiger partial charge in [-0.25, -0.2) is 0 Å². The van der Waals surface area contributed by atoms with Gasteiger partial charge in [0.25, 0.3) is 5.56 Å². The average molecular weight is 437 g/mol. The molecular weight excluding hydrogens is 412 g/mol. The van der Waals surface area contributed by atoms with E-state index in [4.69, 9.17) is 0 Å². The molecule has 8 nitrogen and oxygen atoms in total. The highest BCUT2D eigenvalue weighted by molar-refractivity contribution is 7.99. The monoisotopic (exact) mass is 436 g/mol. The average Bonchev–Trinajstić information content (AvgIpc) is 3.21. The Kier molecular flexibility index (Phi) is 5.13. The number of fused-ring (bicyclic) bond motifs is 4. The topological polar surface area (TPSA) is 85.9 Å². The first-order chi connectivity index (χ1) is 15.0. The third-order valence-electron chi connectivity index (χ3n) is 6.18. The van der Waals surface area contributed by atoms with Gasteiger partial charge in [-0.15, -0.1) is 5.10 Å². The first-order valence-electron chi connectivity index (χ1n) is 10.5. The Hall–Kier alpha value is -2.94. The molecule has 0 radical (unpaired) electrons. The maximum absolute atomic E-state index is 13.0. The molecular formula is C22H24N6O2S. The van der Waals surface area contributed by atoms with E-state index in [0.29, 0.717) is 30.7 Å². The van der Waals surface area contributed by atoms with Crippen molar-refractivity contribution in [3.8, 4) is 5.69 Å². The third kappa shape index (κ3) is 3.78. The maximum Gasteiger partial charge on any atom is 0.250 e. The number of aryl methyl sites for hydroxylation is 2. The SMILES string of the molecule is Cc1ccc(-n2nnnc2SCC(=O)N2CC3CC(C2)c2cccc(=O)n2C3)c(C)c1. The molecule has 0 spiro atoms. The number of hydrogen-bond donors (Lipinski definition) is 0. The molecule has 0 saturated carbocycles. The number of thioether (sulfide) groups is 1. The van der Waals surface area contributed by atoms with Gasteiger partial charge >= 0.3 is 0 Å². The highest BCUT2D eigenvalue weighted by Gasteiger charge is 2.36. The van der Waals surface area contributed by atoms with Crippen LogP contribution in [0.1, 0.15) is 29.2 Å². The van der Waals surface area contributed by atoms with Crippen LogP contribution >= 0.6 is 11.8 Å². The predicted molar refractivity (Wildman–Crippen MR) is 117 cm³/mol. The van der Waals surface area contributed by atoms with Crippen molar-refractivity contribution < 1.29 is 4.79 Å². The van der Waals surface area contributed by atoms with Gasteiger partial charge in [-0.3, -0.25) is 9.59 Å². The smallest absolute Gasteiger partial charge is 0.250 e. The number of piperidine rings is 1. The van der Waals surface area contributed by atoms with Gasteiger partial charge in [0.15, 0.2) is 0 Å². The van der Waals surface area contributed by atoms with Crippen molar-refractivity contribution in [2.75, 3.05) is 18.8 Å². The van der Waals surface area contributed by atoms with Gasteiger partial charge in [-0.1, -0.05) is 35.5 Å². The first-order valence-corrected chi connectivity index (χ1v) is 11.4. The Morgan fingerprint density at radius 2 is 2.03 bits per heavy atom. The quantitative estimate of drug-likeness (QED) is 0.583. The van der Waals surface area contributed by atoms with Crippen LogP contribution in [-0.4, -0.2) is 54.4 Å². The summed E-state index contributed by atoms with van der Waals surface area (Å²) in [5.74, 6) is 0.907. The van der Waals surface area contributed by atoms with E-state index >= 15 is 0 Å². The largest absolute Gasteiger partial charge is 0.341 e. The lowest BCUT2D eigenvalue weighted by Gasteiger charge is -2.42. The Bertz CT molecular complexity index is 1200. The van der Waals surface area contributed by atoms with E-state index in [-0.39, 0.29) is 23.1 Å². The number of likely N-dealkylation sites (tertiary alicyclic amines) is 1. The minimum absolute atomic E-state index is 0.0563. The van der Waals surface area contributed by atoms with Crippen molar-refractivity contribution in [2.24, 2.45) is 5.92 Å². The first kappa shape index (κ1) is 20.0. The summed E-state index contributed by atoms with van der Waals surface area (Å²) in [6.07, 6.45) is 1.03. The highest BCUT2D eigenvalue weighted by Crippen LogP contribution is 2.35. The van der Waals surface area contributed by atoms with Gasteiger partial charge in [0.1, 0.15) is 0 Å². The van der Waals surface area contributed by atoms with E-state index in [1.165, 1.54) is 17.3 Å². The minimum atomic E-state index is 0.0563. The fourth-order valence-electron chi connectivity index (χ4n) is 4.78. The summed E-state index contributed by atoms with van der Waals surface area (Å²) in [4.78, 5) is 27.2. The summed E-state index contributed by atoms with van der Waals surface area (Å²) in [7, 11) is 0. The molecule has 1 fully saturated rings. The summed E-state index contributed by atoms with van der Waals surface area (Å²) in [5.41, 5.74) is 4.28. The van der Waals surface area contributed by atoms with E-state index in [9.17, 15) is 9.59 Å². The Morgan fingerprint density at radius 3 is 2.87 bits per heavy atom. The number of benzene rings is 1. The molecule has 2 aliphatic rings. The van der Waals surface area contributed by atoms with Crippen molar-refractivity contribution in [2.45, 2.75) is 37.9 Å². The second-order valence-electron chi connectivity index (χ2n) is 8.45. The van der Waals surface area contributed by atoms with Crippen molar-refractivity contribution in [3.63, 3.8) is 0 Å². The van der Waals surface area contributed by atoms with E-state index in [2.05, 4.69) is 21.6 Å². The molecule has 1 amide bonds. The number of hydrogen-bond acceptors (Lipinski definition) is 6. The van der Waals surface area contributed by atoms with Gasteiger partial charge in [0.05, 0.1) is 11.4 Å². The Balaban J connectivity index is 1.29. The molecule has 2 aromatic heterocycles. The lowest BCUT2D eigenvalue weighted by Crippen LogP contribution is -2.49. The predicted octanol–water partition coefficient (Wildman–Crippen LogP) is 2.18. The number of tetrazole rings is 1. The van der Waals surface area contributed by atoms with Crippen LogP contribution in [0.25, 0.3) is 5.69 Å². The third-order valence-corrected chi connectivity index (χ3v) is 7.08. The van der Waals surface area contributed by atoms with Gasteiger partial charge in [0.2, 0.25) is 11.1 Å². The highest BCUT2D eigenvalue weighted by atomic mass is 32.2. The Morgan fingerprint density at radius 1 is 1.16 bits per heavy atom. The van der Waals surface area contributed by atoms with Gasteiger partial charge in [-0.05, 0) is 54.3 Å². The summed E-state index contributed by atoms with van der Waals surface area (Å²) >= 11 is 1.36. The lowest BCUT2D eigenvalue weighted by atomic mass is 9.83. The fraction of sp³-hybridized carbons (Fsp3) is 0.409. The second kappa shape index (κ2) is 7.96. The number of carbonyl (C=O) groups is 1. The van der Waals surface area contributed by atoms with E-state index in [1.54, 1.807) is 10.7 Å². The Labute approximate surface area is 184 Å². The molecule has 5 rings (SSSR count). The molecule has 9 heteroatoms. The van der Waals surface area contributed by atoms with Crippen molar-refractivity contribution in [1.29, 1.82) is 0 Å². The molecule has 2 unspecified atom stereocenters. The van der Waals surface area contributed by atoms with Crippen LogP contribution in [0.3, 0.4) is 0 Å². The number of amides is 1. The summed E-state index contributed by atoms with van der Waals surface area (Å²) in [6.45, 7) is 6.11. The van der Waals surface area contributed by atoms with Crippen molar-refractivity contribution in [1.82, 2.24) is 29.7 Å². The van der Waals surface area contributed by atoms with Crippen LogP contribution < -0.4 is 5.56 Å². The van der Waals surface area contributed by atoms with E-state index in [0.717, 1.165) is 23.4 Å². The van der Waals surface area contributed by atoms with Gasteiger partial charge < -0.3 is 9.47 Å². The summed E-state index contributed by atoms with van der Waals surface area (Å²) in [5, 5.41) is 12.7. The summed E-state index contributed by atoms with van der Waals surface area (Å²) < 4.78 is 3.58. The number of rotatable bonds is 4. The normalized spacial score (nSPS) is 19.9. The zero-order valence-corrected chi connectivity index (χ0v) is 18.4. The van der Waals surface area contributed by atoms with Gasteiger partial charge in [-0.2, -0.15) is 4.68 Å². The minimum Gasteiger partial charge on any atom is -0.341 e. The molecule has 0 N–H and O–H groups in total. The van der Waals surface area contributed by atoms with Crippen molar-refractivity contribution in [3.05, 3.63) is 63.6 Å². The molecule has 2 aliphatic heterocycles. The number of pyridine rings is 1. The number of nitrogens with zero attached hydrogens (tertiary/aromatic N) is 6. The van der Waals surface area contributed by atoms with Crippen LogP contribution in [0, 0.1) is 19.8 Å². The van der Waals surface area contributed by atoms with E-state index in [1.807, 2.05) is 47.6 Å². The molecule has 1 saturated heterocycles. The number of aromatic nitrogens is 5. The second-order valence-corrected chi connectivity index (χ2v) is 9.39. The fourth-order valence-corrected chi connectivity index (χ4v) is 5.57. The van der Waals surface area contributed by atoms with Crippen LogP contribution in [0.15, 0.2) is 46.3 Å². The standard InChI is InChI=1S/C22H24N6O2S/c1-14-6-7-18(15(2)8-14)28-22(23-24-25-28)31-13-21(30)26-10-16-9-17(12-26)19-4-3-5-20(29)27(19)11-16/h3-8,16-17H,9-13H2,1-2H3. The van der Waals surface area contributed by atoms with Crippen LogP contribution in [0.5, 0.6) is 0 Å². The van der Waals surface area contributed by atoms with Crippen LogP contribution in [0.4, 0.5) is 0 Å². The molecule has 3 aromatic rings. The molecule has 160 valence electrons. The van der Waals surface area contributed by atoms with Crippen LogP contribution in [-0.2, 0) is 11.3 Å².